The van der Waals surface area contributed by atoms with Gasteiger partial charge in [-0.05, 0) is 56.2 Å². The summed E-state index contributed by atoms with van der Waals surface area (Å²) in [4.78, 5) is 28.1. The highest BCUT2D eigenvalue weighted by Crippen LogP contribution is 2.42. The van der Waals surface area contributed by atoms with Gasteiger partial charge in [0.2, 0.25) is 11.8 Å². The summed E-state index contributed by atoms with van der Waals surface area (Å²) < 4.78 is 5.50. The fourth-order valence-corrected chi connectivity index (χ4v) is 4.86. The second-order valence-electron chi connectivity index (χ2n) is 9.81. The van der Waals surface area contributed by atoms with Crippen molar-refractivity contribution >= 4 is 11.8 Å². The van der Waals surface area contributed by atoms with Crippen molar-refractivity contribution in [1.82, 2.24) is 10.2 Å². The largest absolute Gasteiger partial charge is 0.496 e. The number of carbonyl (C=O) groups is 2. The Morgan fingerprint density at radius 2 is 1.84 bits per heavy atom. The summed E-state index contributed by atoms with van der Waals surface area (Å²) in [5, 5.41) is 3.12. The lowest BCUT2D eigenvalue weighted by Crippen LogP contribution is -2.47. The van der Waals surface area contributed by atoms with E-state index in [2.05, 4.69) is 36.5 Å². The van der Waals surface area contributed by atoms with Gasteiger partial charge in [0.25, 0.3) is 0 Å². The van der Waals surface area contributed by atoms with Gasteiger partial charge in [-0.3, -0.25) is 9.59 Å². The number of ether oxygens (including phenoxy) is 1. The topological polar surface area (TPSA) is 58.6 Å². The molecule has 1 saturated carbocycles. The number of likely N-dealkylation sites (tertiary alicyclic amines) is 1. The van der Waals surface area contributed by atoms with Crippen LogP contribution in [-0.2, 0) is 16.0 Å². The zero-order valence-electron chi connectivity index (χ0n) is 19.6. The molecule has 2 aromatic rings. The Hall–Kier alpha value is -2.82. The standard InChI is InChI=1S/C27H34N2O3/c1-18(2)28-26(31)27(13-14-29(17-27)25(30)23-15-19(23)3)16-20-9-11-21(12-10-20)22-7-5-6-8-24(22)32-4/h5-12,18-19,23H,13-17H2,1-4H3,(H,28,31). The number of amides is 2. The molecule has 32 heavy (non-hydrogen) atoms. The maximum Gasteiger partial charge on any atom is 0.228 e. The summed E-state index contributed by atoms with van der Waals surface area (Å²) in [5.41, 5.74) is 2.66. The fourth-order valence-electron chi connectivity index (χ4n) is 4.86. The fraction of sp³-hybridized carbons (Fsp3) is 0.481. The number of hydrogen-bond donors (Lipinski definition) is 1. The molecule has 170 valence electrons. The Bertz CT molecular complexity index is 985. The molecule has 0 spiro atoms. The quantitative estimate of drug-likeness (QED) is 0.707. The van der Waals surface area contributed by atoms with E-state index < -0.39 is 5.41 Å². The van der Waals surface area contributed by atoms with Gasteiger partial charge in [0.05, 0.1) is 12.5 Å². The molecule has 0 radical (unpaired) electrons. The lowest BCUT2D eigenvalue weighted by molar-refractivity contribution is -0.134. The van der Waals surface area contributed by atoms with Crippen molar-refractivity contribution in [3.8, 4) is 16.9 Å². The molecule has 5 heteroatoms. The predicted octanol–water partition coefficient (Wildman–Crippen LogP) is 4.30. The molecule has 3 unspecified atom stereocenters. The molecule has 3 atom stereocenters. The third-order valence-electron chi connectivity index (χ3n) is 6.91. The first-order valence-corrected chi connectivity index (χ1v) is 11.6. The number of nitrogens with zero attached hydrogens (tertiary/aromatic N) is 1. The summed E-state index contributed by atoms with van der Waals surface area (Å²) in [6, 6.07) is 16.4. The Balaban J connectivity index is 1.55. The number of rotatable bonds is 7. The van der Waals surface area contributed by atoms with Crippen molar-refractivity contribution in [1.29, 1.82) is 0 Å². The van der Waals surface area contributed by atoms with Crippen LogP contribution < -0.4 is 10.1 Å². The van der Waals surface area contributed by atoms with E-state index >= 15 is 0 Å². The number of carbonyl (C=O) groups excluding carboxylic acids is 2. The van der Waals surface area contributed by atoms with Gasteiger partial charge in [0.1, 0.15) is 5.75 Å². The van der Waals surface area contributed by atoms with Crippen molar-refractivity contribution in [2.45, 2.75) is 46.1 Å². The Morgan fingerprint density at radius 1 is 1.16 bits per heavy atom. The van der Waals surface area contributed by atoms with Gasteiger partial charge >= 0.3 is 0 Å². The van der Waals surface area contributed by atoms with E-state index in [1.807, 2.05) is 43.0 Å². The van der Waals surface area contributed by atoms with Gasteiger partial charge in [-0.15, -0.1) is 0 Å². The van der Waals surface area contributed by atoms with E-state index in [9.17, 15) is 9.59 Å². The van der Waals surface area contributed by atoms with E-state index in [0.717, 1.165) is 28.9 Å². The van der Waals surface area contributed by atoms with Gasteiger partial charge in [-0.2, -0.15) is 0 Å². The van der Waals surface area contributed by atoms with E-state index in [1.54, 1.807) is 7.11 Å². The first-order valence-electron chi connectivity index (χ1n) is 11.6. The zero-order valence-corrected chi connectivity index (χ0v) is 19.6. The van der Waals surface area contributed by atoms with Gasteiger partial charge in [-0.1, -0.05) is 49.4 Å². The molecule has 2 aromatic carbocycles. The summed E-state index contributed by atoms with van der Waals surface area (Å²) in [6.07, 6.45) is 2.30. The van der Waals surface area contributed by atoms with Crippen LogP contribution in [0.3, 0.4) is 0 Å². The lowest BCUT2D eigenvalue weighted by Gasteiger charge is -2.29. The third kappa shape index (κ3) is 4.52. The lowest BCUT2D eigenvalue weighted by atomic mass is 9.79. The van der Waals surface area contributed by atoms with Crippen LogP contribution in [0, 0.1) is 17.3 Å². The third-order valence-corrected chi connectivity index (χ3v) is 6.91. The Morgan fingerprint density at radius 3 is 2.47 bits per heavy atom. The van der Waals surface area contributed by atoms with Crippen LogP contribution in [0.1, 0.15) is 39.2 Å². The Labute approximate surface area is 191 Å². The van der Waals surface area contributed by atoms with Crippen molar-refractivity contribution in [3.63, 3.8) is 0 Å². The molecule has 2 amide bonds. The highest BCUT2D eigenvalue weighted by molar-refractivity contribution is 5.87. The van der Waals surface area contributed by atoms with Crippen molar-refractivity contribution in [2.24, 2.45) is 17.3 Å². The van der Waals surface area contributed by atoms with Crippen LogP contribution >= 0.6 is 0 Å². The molecule has 0 bridgehead atoms. The number of hydrogen-bond acceptors (Lipinski definition) is 3. The van der Waals surface area contributed by atoms with Gasteiger partial charge in [0.15, 0.2) is 0 Å². The molecule has 1 heterocycles. The zero-order chi connectivity index (χ0) is 22.9. The summed E-state index contributed by atoms with van der Waals surface area (Å²) >= 11 is 0. The molecule has 2 aliphatic rings. The van der Waals surface area contributed by atoms with E-state index in [4.69, 9.17) is 4.74 Å². The molecule has 1 N–H and O–H groups in total. The minimum atomic E-state index is -0.579. The van der Waals surface area contributed by atoms with Crippen LogP contribution in [0.5, 0.6) is 5.75 Å². The monoisotopic (exact) mass is 434 g/mol. The smallest absolute Gasteiger partial charge is 0.228 e. The van der Waals surface area contributed by atoms with Crippen LogP contribution in [0.2, 0.25) is 0 Å². The molecule has 4 rings (SSSR count). The molecule has 0 aromatic heterocycles. The van der Waals surface area contributed by atoms with Crippen LogP contribution in [0.15, 0.2) is 48.5 Å². The highest BCUT2D eigenvalue weighted by Gasteiger charge is 2.49. The summed E-state index contributed by atoms with van der Waals surface area (Å²) in [7, 11) is 1.68. The second-order valence-corrected chi connectivity index (χ2v) is 9.81. The van der Waals surface area contributed by atoms with E-state index in [0.29, 0.717) is 31.8 Å². The van der Waals surface area contributed by atoms with Crippen LogP contribution in [0.4, 0.5) is 0 Å². The minimum absolute atomic E-state index is 0.0560. The first kappa shape index (κ1) is 22.4. The van der Waals surface area contributed by atoms with Crippen LogP contribution in [0.25, 0.3) is 11.1 Å². The Kier molecular flexibility index (Phi) is 6.27. The maximum absolute atomic E-state index is 13.3. The predicted molar refractivity (Wildman–Crippen MR) is 126 cm³/mol. The summed E-state index contributed by atoms with van der Waals surface area (Å²) in [5.74, 6) is 1.75. The normalized spacial score (nSPS) is 24.5. The number of methoxy groups -OCH3 is 1. The molecule has 1 aliphatic heterocycles. The van der Waals surface area contributed by atoms with Crippen LogP contribution in [-0.4, -0.2) is 43.0 Å². The molecule has 5 nitrogen and oxygen atoms in total. The van der Waals surface area contributed by atoms with Crippen molar-refractivity contribution < 1.29 is 14.3 Å². The minimum Gasteiger partial charge on any atom is -0.496 e. The van der Waals surface area contributed by atoms with Crippen molar-refractivity contribution in [3.05, 3.63) is 54.1 Å². The van der Waals surface area contributed by atoms with Gasteiger partial charge in [0, 0.05) is 30.6 Å². The highest BCUT2D eigenvalue weighted by atomic mass is 16.5. The molecule has 2 fully saturated rings. The number of para-hydroxylation sites is 1. The average molecular weight is 435 g/mol. The molecule has 1 aliphatic carbocycles. The average Bonchev–Trinajstić information content (AvgIpc) is 3.36. The molecular weight excluding hydrogens is 400 g/mol. The van der Waals surface area contributed by atoms with Gasteiger partial charge < -0.3 is 15.0 Å². The second kappa shape index (κ2) is 8.97. The molecule has 1 saturated heterocycles. The maximum atomic E-state index is 13.3. The SMILES string of the molecule is COc1ccccc1-c1ccc(CC2(C(=O)NC(C)C)CCN(C(=O)C3CC3C)C2)cc1. The molecular formula is C27H34N2O3. The van der Waals surface area contributed by atoms with Crippen molar-refractivity contribution in [2.75, 3.05) is 20.2 Å². The van der Waals surface area contributed by atoms with E-state index in [1.165, 1.54) is 0 Å². The summed E-state index contributed by atoms with van der Waals surface area (Å²) in [6.45, 7) is 7.25. The first-order chi connectivity index (χ1) is 15.3. The number of benzene rings is 2. The van der Waals surface area contributed by atoms with E-state index in [-0.39, 0.29) is 23.8 Å². The van der Waals surface area contributed by atoms with Gasteiger partial charge in [-0.25, -0.2) is 0 Å². The number of nitrogens with one attached hydrogen (secondary N) is 1.